The van der Waals surface area contributed by atoms with E-state index >= 15 is 0 Å². The van der Waals surface area contributed by atoms with E-state index in [9.17, 15) is 9.59 Å². The molecule has 3 aliphatic heterocycles. The fourth-order valence-corrected chi connectivity index (χ4v) is 3.97. The number of ether oxygens (including phenoxy) is 3. The molecular formula is C18H28N2O6. The minimum absolute atomic E-state index is 0.0800. The monoisotopic (exact) mass is 368 g/mol. The van der Waals surface area contributed by atoms with Crippen LogP contribution in [-0.4, -0.2) is 54.7 Å². The smallest absolute Gasteiger partial charge is 0.421 e. The Bertz CT molecular complexity index is 540. The number of carboxylic acids is 1. The average Bonchev–Trinajstić information content (AvgIpc) is 3.24. The first-order chi connectivity index (χ1) is 12.6. The molecule has 8 nitrogen and oxygen atoms in total. The van der Waals surface area contributed by atoms with Crippen LogP contribution >= 0.6 is 0 Å². The zero-order valence-corrected chi connectivity index (χ0v) is 15.1. The molecule has 0 aliphatic carbocycles. The maximum absolute atomic E-state index is 11.5. The molecule has 0 saturated carbocycles. The highest BCUT2D eigenvalue weighted by atomic mass is 16.7. The zero-order chi connectivity index (χ0) is 18.5. The molecule has 0 unspecified atom stereocenters. The van der Waals surface area contributed by atoms with Crippen LogP contribution in [0.15, 0.2) is 12.2 Å². The molecular weight excluding hydrogens is 340 g/mol. The molecule has 3 N–H and O–H groups in total. The van der Waals surface area contributed by atoms with Crippen LogP contribution in [0.4, 0.5) is 4.79 Å². The molecule has 1 amide bonds. The van der Waals surface area contributed by atoms with Gasteiger partial charge in [0.15, 0.2) is 0 Å². The van der Waals surface area contributed by atoms with Crippen molar-refractivity contribution < 1.29 is 28.9 Å². The maximum Gasteiger partial charge on any atom is 0.421 e. The Hall–Kier alpha value is -1.64. The number of nitrogens with one attached hydrogen (secondary N) is 2. The quantitative estimate of drug-likeness (QED) is 0.220. The fraction of sp³-hybridized carbons (Fsp3) is 0.778. The Morgan fingerprint density at radius 2 is 1.85 bits per heavy atom. The normalized spacial score (nSPS) is 34.0. The highest BCUT2D eigenvalue weighted by Gasteiger charge is 2.68. The summed E-state index contributed by atoms with van der Waals surface area (Å²) >= 11 is 0. The second-order valence-electron chi connectivity index (χ2n) is 7.09. The van der Waals surface area contributed by atoms with Crippen molar-refractivity contribution >= 4 is 12.1 Å². The van der Waals surface area contributed by atoms with Gasteiger partial charge in [-0.3, -0.25) is 10.2 Å². The van der Waals surface area contributed by atoms with Crippen molar-refractivity contribution in [2.75, 3.05) is 13.2 Å². The second-order valence-corrected chi connectivity index (χ2v) is 7.09. The number of allylic oxidation sites excluding steroid dienone is 2. The third-order valence-corrected chi connectivity index (χ3v) is 5.22. The Labute approximate surface area is 153 Å². The molecule has 0 aromatic heterocycles. The second kappa shape index (κ2) is 8.83. The first-order valence-electron chi connectivity index (χ1n) is 9.45. The molecule has 3 fully saturated rings. The van der Waals surface area contributed by atoms with Crippen LogP contribution in [-0.2, 0) is 19.0 Å². The zero-order valence-electron chi connectivity index (χ0n) is 15.1. The van der Waals surface area contributed by atoms with Crippen molar-refractivity contribution in [1.29, 1.82) is 0 Å². The third-order valence-electron chi connectivity index (χ3n) is 5.22. The highest BCUT2D eigenvalue weighted by molar-refractivity contribution is 5.66. The van der Waals surface area contributed by atoms with Crippen molar-refractivity contribution in [1.82, 2.24) is 10.9 Å². The van der Waals surface area contributed by atoms with Gasteiger partial charge < -0.3 is 19.3 Å². The van der Waals surface area contributed by atoms with Crippen molar-refractivity contribution in [3.63, 3.8) is 0 Å². The number of rotatable bonds is 11. The van der Waals surface area contributed by atoms with E-state index in [2.05, 4.69) is 16.9 Å². The highest BCUT2D eigenvalue weighted by Crippen LogP contribution is 2.54. The van der Waals surface area contributed by atoms with E-state index in [4.69, 9.17) is 19.3 Å². The number of carbonyl (C=O) groups is 2. The van der Waals surface area contributed by atoms with Gasteiger partial charge in [0.05, 0.1) is 18.8 Å². The summed E-state index contributed by atoms with van der Waals surface area (Å²) in [4.78, 5) is 22.0. The van der Waals surface area contributed by atoms with E-state index < -0.39 is 12.1 Å². The number of hydrazine groups is 1. The molecule has 0 spiro atoms. The van der Waals surface area contributed by atoms with Crippen LogP contribution in [0.25, 0.3) is 0 Å². The number of epoxide rings is 1. The first-order valence-corrected chi connectivity index (χ1v) is 9.45. The summed E-state index contributed by atoms with van der Waals surface area (Å²) in [5, 5.41) is 8.65. The largest absolute Gasteiger partial charge is 0.481 e. The van der Waals surface area contributed by atoms with Crippen LogP contribution in [0, 0.1) is 11.8 Å². The van der Waals surface area contributed by atoms with E-state index in [0.29, 0.717) is 25.5 Å². The molecule has 0 radical (unpaired) electrons. The Morgan fingerprint density at radius 1 is 1.12 bits per heavy atom. The maximum atomic E-state index is 11.5. The number of carboxylic acid groups (broad SMARTS) is 1. The molecule has 0 aromatic carbocycles. The summed E-state index contributed by atoms with van der Waals surface area (Å²) in [5.74, 6) is -0.160. The number of amides is 1. The predicted octanol–water partition coefficient (Wildman–Crippen LogP) is 1.61. The number of hydrogen-bond donors (Lipinski definition) is 3. The van der Waals surface area contributed by atoms with Crippen LogP contribution in [0.5, 0.6) is 0 Å². The minimum atomic E-state index is -0.757. The van der Waals surface area contributed by atoms with Crippen LogP contribution < -0.4 is 10.9 Å². The van der Waals surface area contributed by atoms with Gasteiger partial charge in [-0.2, -0.15) is 0 Å². The number of aliphatic carboxylic acids is 1. The topological polar surface area (TPSA) is 109 Å². The van der Waals surface area contributed by atoms with Crippen molar-refractivity contribution in [3.05, 3.63) is 12.2 Å². The van der Waals surface area contributed by atoms with Gasteiger partial charge in [-0.25, -0.2) is 10.2 Å². The lowest BCUT2D eigenvalue weighted by Crippen LogP contribution is -2.45. The number of unbranched alkanes of at least 4 members (excludes halogenated alkanes) is 1. The van der Waals surface area contributed by atoms with E-state index in [1.165, 1.54) is 0 Å². The summed E-state index contributed by atoms with van der Waals surface area (Å²) in [5.41, 5.74) is 5.53. The molecule has 3 aliphatic rings. The summed E-state index contributed by atoms with van der Waals surface area (Å²) < 4.78 is 16.7. The molecule has 26 heavy (non-hydrogen) atoms. The number of hydrogen-bond acceptors (Lipinski definition) is 6. The van der Waals surface area contributed by atoms with Gasteiger partial charge in [0.2, 0.25) is 0 Å². The van der Waals surface area contributed by atoms with Crippen LogP contribution in [0.1, 0.15) is 39.0 Å². The summed E-state index contributed by atoms with van der Waals surface area (Å²) in [6.45, 7) is 2.95. The van der Waals surface area contributed by atoms with Gasteiger partial charge in [0.1, 0.15) is 12.2 Å². The molecule has 2 bridgehead atoms. The standard InChI is InChI=1S/C18H28N2O6/c1-2-9-24-18(23)20-19-10-12-11(7-5-3-4-6-8-13(21)22)14-16-17(26-16)15(12)25-14/h3,5,11-12,14-17,19H,2,4,6-10H2,1H3,(H,20,23)(H,21,22)/t11-,12+,14+,15-,16-,17+/m0/s1. The van der Waals surface area contributed by atoms with Gasteiger partial charge in [-0.05, 0) is 31.6 Å². The van der Waals surface area contributed by atoms with Gasteiger partial charge in [-0.1, -0.05) is 19.1 Å². The molecule has 3 saturated heterocycles. The molecule has 146 valence electrons. The van der Waals surface area contributed by atoms with Gasteiger partial charge in [0.25, 0.3) is 0 Å². The fourth-order valence-electron chi connectivity index (χ4n) is 3.97. The lowest BCUT2D eigenvalue weighted by Gasteiger charge is -2.25. The predicted molar refractivity (Wildman–Crippen MR) is 92.3 cm³/mol. The van der Waals surface area contributed by atoms with E-state index in [1.807, 2.05) is 13.0 Å². The SMILES string of the molecule is CCCOC(=O)NNC[C@@H]1[C@H](CC=CCCCC(=O)O)[C@H]2O[C@@H]1[C@H]1O[C@H]12. The lowest BCUT2D eigenvalue weighted by molar-refractivity contribution is -0.137. The summed E-state index contributed by atoms with van der Waals surface area (Å²) in [7, 11) is 0. The third kappa shape index (κ3) is 4.55. The van der Waals surface area contributed by atoms with Gasteiger partial charge in [0, 0.05) is 18.9 Å². The molecule has 0 aromatic rings. The van der Waals surface area contributed by atoms with Crippen LogP contribution in [0.2, 0.25) is 0 Å². The first kappa shape index (κ1) is 19.1. The summed E-state index contributed by atoms with van der Waals surface area (Å²) in [6, 6.07) is 0. The van der Waals surface area contributed by atoms with Crippen molar-refractivity contribution in [2.24, 2.45) is 11.8 Å². The van der Waals surface area contributed by atoms with Gasteiger partial charge in [-0.15, -0.1) is 0 Å². The number of carbonyl (C=O) groups excluding carboxylic acids is 1. The lowest BCUT2D eigenvalue weighted by atomic mass is 9.77. The van der Waals surface area contributed by atoms with E-state index in [0.717, 1.165) is 19.3 Å². The number of fused-ring (bicyclic) bond motifs is 5. The summed E-state index contributed by atoms with van der Waals surface area (Å²) in [6.07, 6.45) is 7.60. The average molecular weight is 368 g/mol. The molecule has 8 heteroatoms. The Kier molecular flexibility index (Phi) is 6.50. The van der Waals surface area contributed by atoms with Crippen molar-refractivity contribution in [3.8, 4) is 0 Å². The Morgan fingerprint density at radius 3 is 2.58 bits per heavy atom. The van der Waals surface area contributed by atoms with Crippen LogP contribution in [0.3, 0.4) is 0 Å². The van der Waals surface area contributed by atoms with Crippen molar-refractivity contribution in [2.45, 2.75) is 63.4 Å². The van der Waals surface area contributed by atoms with E-state index in [1.54, 1.807) is 0 Å². The Balaban J connectivity index is 1.42. The molecule has 3 rings (SSSR count). The van der Waals surface area contributed by atoms with E-state index in [-0.39, 0.29) is 36.8 Å². The molecule has 3 heterocycles. The molecule has 6 atom stereocenters. The van der Waals surface area contributed by atoms with Gasteiger partial charge >= 0.3 is 12.1 Å². The minimum Gasteiger partial charge on any atom is -0.481 e.